The van der Waals surface area contributed by atoms with E-state index in [0.717, 1.165) is 30.9 Å². The van der Waals surface area contributed by atoms with Crippen LogP contribution in [0.2, 0.25) is 0 Å². The summed E-state index contributed by atoms with van der Waals surface area (Å²) in [6.45, 7) is 2.98. The van der Waals surface area contributed by atoms with Gasteiger partial charge in [0.25, 0.3) is 0 Å². The number of hydrogen-bond acceptors (Lipinski definition) is 5. The molecule has 4 heterocycles. The van der Waals surface area contributed by atoms with E-state index in [1.807, 2.05) is 36.7 Å². The van der Waals surface area contributed by atoms with Gasteiger partial charge in [0.1, 0.15) is 5.82 Å². The first-order chi connectivity index (χ1) is 11.8. The van der Waals surface area contributed by atoms with Crippen molar-refractivity contribution in [2.45, 2.75) is 25.7 Å². The van der Waals surface area contributed by atoms with E-state index < -0.39 is 0 Å². The number of hydrazine groups is 1. The summed E-state index contributed by atoms with van der Waals surface area (Å²) in [5.41, 5.74) is 7.48. The molecule has 24 heavy (non-hydrogen) atoms. The van der Waals surface area contributed by atoms with Crippen molar-refractivity contribution < 1.29 is 0 Å². The van der Waals surface area contributed by atoms with Crippen LogP contribution < -0.4 is 10.4 Å². The molecule has 0 bridgehead atoms. The molecule has 3 aromatic rings. The predicted octanol–water partition coefficient (Wildman–Crippen LogP) is 4.16. The van der Waals surface area contributed by atoms with Crippen LogP contribution in [-0.2, 0) is 0 Å². The maximum atomic E-state index is 4.67. The molecule has 0 saturated heterocycles. The van der Waals surface area contributed by atoms with Crippen LogP contribution in [0, 0.1) is 6.92 Å². The molecule has 1 aliphatic heterocycles. The SMILES string of the molecule is Cc1cccc(N2NCC3=C2CC(c2cc4cnccc4s2)C3)n1. The molecule has 2 aliphatic rings. The molecule has 4 nitrogen and oxygen atoms in total. The zero-order valence-electron chi connectivity index (χ0n) is 13.5. The average Bonchev–Trinajstić information content (AvgIpc) is 3.27. The number of rotatable bonds is 2. The molecule has 1 N–H and O–H groups in total. The Labute approximate surface area is 144 Å². The number of aryl methyl sites for hydroxylation is 1. The van der Waals surface area contributed by atoms with E-state index in [-0.39, 0.29) is 0 Å². The molecule has 3 aromatic heterocycles. The molecule has 120 valence electrons. The van der Waals surface area contributed by atoms with Crippen molar-refractivity contribution in [3.8, 4) is 0 Å². The van der Waals surface area contributed by atoms with Crippen molar-refractivity contribution in [3.05, 3.63) is 64.6 Å². The normalized spacial score (nSPS) is 20.2. The van der Waals surface area contributed by atoms with Crippen LogP contribution in [0.5, 0.6) is 0 Å². The Morgan fingerprint density at radius 3 is 3.08 bits per heavy atom. The fourth-order valence-electron chi connectivity index (χ4n) is 3.74. The highest BCUT2D eigenvalue weighted by molar-refractivity contribution is 7.19. The van der Waals surface area contributed by atoms with Crippen molar-refractivity contribution in [3.63, 3.8) is 0 Å². The lowest BCUT2D eigenvalue weighted by Gasteiger charge is -2.22. The summed E-state index contributed by atoms with van der Waals surface area (Å²) in [6.07, 6.45) is 6.07. The van der Waals surface area contributed by atoms with Crippen molar-refractivity contribution >= 4 is 27.2 Å². The number of allylic oxidation sites excluding steroid dienone is 1. The molecule has 0 amide bonds. The van der Waals surface area contributed by atoms with Crippen LogP contribution in [0.25, 0.3) is 10.1 Å². The third-order valence-corrected chi connectivity index (χ3v) is 6.18. The minimum absolute atomic E-state index is 0.585. The van der Waals surface area contributed by atoms with Gasteiger partial charge >= 0.3 is 0 Å². The van der Waals surface area contributed by atoms with Crippen molar-refractivity contribution in [2.24, 2.45) is 0 Å². The second kappa shape index (κ2) is 5.40. The Bertz CT molecular complexity index is 926. The summed E-state index contributed by atoms with van der Waals surface area (Å²) in [7, 11) is 0. The summed E-state index contributed by atoms with van der Waals surface area (Å²) in [6, 6.07) is 10.6. The number of nitrogens with zero attached hydrogens (tertiary/aromatic N) is 3. The van der Waals surface area contributed by atoms with Crippen LogP contribution in [0.1, 0.15) is 29.3 Å². The van der Waals surface area contributed by atoms with Crippen LogP contribution in [0.3, 0.4) is 0 Å². The number of pyridine rings is 2. The second-order valence-electron chi connectivity index (χ2n) is 6.53. The van der Waals surface area contributed by atoms with E-state index in [1.54, 1.807) is 0 Å². The lowest BCUT2D eigenvalue weighted by Crippen LogP contribution is -2.33. The molecule has 5 heteroatoms. The van der Waals surface area contributed by atoms with Gasteiger partial charge in [0.05, 0.1) is 0 Å². The summed E-state index contributed by atoms with van der Waals surface area (Å²) in [4.78, 5) is 10.4. The topological polar surface area (TPSA) is 41.0 Å². The van der Waals surface area contributed by atoms with Crippen LogP contribution in [0.4, 0.5) is 5.82 Å². The number of aromatic nitrogens is 2. The summed E-state index contributed by atoms with van der Waals surface area (Å²) >= 11 is 1.91. The van der Waals surface area contributed by atoms with E-state index >= 15 is 0 Å². The third kappa shape index (κ3) is 2.24. The van der Waals surface area contributed by atoms with Gasteiger partial charge < -0.3 is 0 Å². The summed E-state index contributed by atoms with van der Waals surface area (Å²) < 4.78 is 1.34. The van der Waals surface area contributed by atoms with E-state index in [2.05, 4.69) is 44.7 Å². The van der Waals surface area contributed by atoms with Crippen LogP contribution in [-0.4, -0.2) is 16.5 Å². The van der Waals surface area contributed by atoms with Gasteiger partial charge in [0, 0.05) is 51.2 Å². The zero-order chi connectivity index (χ0) is 16.1. The first-order valence-electron chi connectivity index (χ1n) is 8.29. The van der Waals surface area contributed by atoms with Gasteiger partial charge in [-0.3, -0.25) is 9.99 Å². The van der Waals surface area contributed by atoms with Gasteiger partial charge in [-0.05, 0) is 49.6 Å². The standard InChI is InChI=1S/C19H18N4S/c1-12-3-2-4-19(22-12)23-16-8-13(7-14(16)11-21-23)18-9-15-10-20-6-5-17(15)24-18/h2-6,9-10,13,21H,7-8,11H2,1H3. The molecule has 1 aliphatic carbocycles. The number of fused-ring (bicyclic) bond motifs is 1. The number of anilines is 1. The van der Waals surface area contributed by atoms with Gasteiger partial charge in [-0.1, -0.05) is 6.07 Å². The second-order valence-corrected chi connectivity index (χ2v) is 7.64. The molecule has 0 aromatic carbocycles. The Morgan fingerprint density at radius 2 is 2.21 bits per heavy atom. The summed E-state index contributed by atoms with van der Waals surface area (Å²) in [5, 5.41) is 3.46. The maximum absolute atomic E-state index is 4.67. The molecular weight excluding hydrogens is 316 g/mol. The maximum Gasteiger partial charge on any atom is 0.147 e. The third-order valence-electron chi connectivity index (χ3n) is 4.90. The highest BCUT2D eigenvalue weighted by Crippen LogP contribution is 2.45. The monoisotopic (exact) mass is 334 g/mol. The van der Waals surface area contributed by atoms with E-state index in [0.29, 0.717) is 5.92 Å². The lowest BCUT2D eigenvalue weighted by molar-refractivity contribution is 0.658. The fourth-order valence-corrected chi connectivity index (χ4v) is 4.87. The molecule has 5 rings (SSSR count). The van der Waals surface area contributed by atoms with Gasteiger partial charge in [-0.15, -0.1) is 11.3 Å². The number of hydrogen-bond donors (Lipinski definition) is 1. The minimum Gasteiger partial charge on any atom is -0.264 e. The largest absolute Gasteiger partial charge is 0.264 e. The average molecular weight is 334 g/mol. The smallest absolute Gasteiger partial charge is 0.147 e. The lowest BCUT2D eigenvalue weighted by atomic mass is 10.0. The molecule has 0 spiro atoms. The first kappa shape index (κ1) is 14.1. The minimum atomic E-state index is 0.585. The highest BCUT2D eigenvalue weighted by atomic mass is 32.1. The predicted molar refractivity (Wildman–Crippen MR) is 98.1 cm³/mol. The van der Waals surface area contributed by atoms with Crippen molar-refractivity contribution in [1.29, 1.82) is 0 Å². The van der Waals surface area contributed by atoms with Gasteiger partial charge in [-0.25, -0.2) is 10.4 Å². The van der Waals surface area contributed by atoms with Crippen LogP contribution in [0.15, 0.2) is 54.0 Å². The summed E-state index contributed by atoms with van der Waals surface area (Å²) in [5.74, 6) is 1.59. The molecule has 1 unspecified atom stereocenters. The number of thiophene rings is 1. The van der Waals surface area contributed by atoms with Gasteiger partial charge in [-0.2, -0.15) is 0 Å². The van der Waals surface area contributed by atoms with Crippen molar-refractivity contribution in [2.75, 3.05) is 11.6 Å². The molecule has 0 saturated carbocycles. The Hall–Kier alpha value is -2.24. The zero-order valence-corrected chi connectivity index (χ0v) is 14.3. The molecule has 1 atom stereocenters. The Balaban J connectivity index is 1.43. The van der Waals surface area contributed by atoms with Gasteiger partial charge in [0.15, 0.2) is 0 Å². The molecule has 0 radical (unpaired) electrons. The van der Waals surface area contributed by atoms with Crippen LogP contribution >= 0.6 is 11.3 Å². The first-order valence-corrected chi connectivity index (χ1v) is 9.11. The van der Waals surface area contributed by atoms with E-state index in [1.165, 1.54) is 26.2 Å². The molecular formula is C19H18N4S. The highest BCUT2D eigenvalue weighted by Gasteiger charge is 2.34. The molecule has 0 fully saturated rings. The Morgan fingerprint density at radius 1 is 1.25 bits per heavy atom. The quantitative estimate of drug-likeness (QED) is 0.764. The van der Waals surface area contributed by atoms with E-state index in [9.17, 15) is 0 Å². The Kier molecular flexibility index (Phi) is 3.18. The van der Waals surface area contributed by atoms with Crippen molar-refractivity contribution in [1.82, 2.24) is 15.4 Å². The number of nitrogens with one attached hydrogen (secondary N) is 1. The van der Waals surface area contributed by atoms with Gasteiger partial charge in [0.2, 0.25) is 0 Å². The van der Waals surface area contributed by atoms with E-state index in [4.69, 9.17) is 0 Å². The fraction of sp³-hybridized carbons (Fsp3) is 0.263.